The van der Waals surface area contributed by atoms with Crippen LogP contribution in [0.2, 0.25) is 0 Å². The Morgan fingerprint density at radius 2 is 1.08 bits per heavy atom. The second-order valence-electron chi connectivity index (χ2n) is 3.24. The first kappa shape index (κ1) is 14.9. The van der Waals surface area contributed by atoms with Crippen molar-refractivity contribution in [3.8, 4) is 0 Å². The molecule has 1 saturated carbocycles. The molecule has 0 aromatic heterocycles. The van der Waals surface area contributed by atoms with E-state index >= 15 is 0 Å². The summed E-state index contributed by atoms with van der Waals surface area (Å²) < 4.78 is 0. The van der Waals surface area contributed by atoms with E-state index in [0.717, 1.165) is 11.8 Å². The standard InChI is InChI=1S/C8H16.C2H6.CH5P/c1-7-5-3-4-6-8(7)2;2*1-2/h7-8H,3-6H2,1-2H3;1-2H3;2H2,1H3. The van der Waals surface area contributed by atoms with Gasteiger partial charge in [-0.1, -0.05) is 60.0 Å². The summed E-state index contributed by atoms with van der Waals surface area (Å²) in [5, 5.41) is 0. The highest BCUT2D eigenvalue weighted by molar-refractivity contribution is 7.15. The SMILES string of the molecule is CC.CC1CCCCC1C.CP. The van der Waals surface area contributed by atoms with E-state index in [1.54, 1.807) is 0 Å². The van der Waals surface area contributed by atoms with Crippen molar-refractivity contribution in [2.75, 3.05) is 6.66 Å². The van der Waals surface area contributed by atoms with Gasteiger partial charge in [0.2, 0.25) is 0 Å². The third-order valence-corrected chi connectivity index (χ3v) is 2.54. The topological polar surface area (TPSA) is 0 Å². The number of hydrogen-bond acceptors (Lipinski definition) is 0. The Kier molecular flexibility index (Phi) is 14.2. The smallest absolute Gasteiger partial charge is 0.0417 e. The minimum atomic E-state index is 1.00. The predicted octanol–water partition coefficient (Wildman–Crippen LogP) is 4.35. The summed E-state index contributed by atoms with van der Waals surface area (Å²) in [5.41, 5.74) is 0. The summed E-state index contributed by atoms with van der Waals surface area (Å²) in [7, 11) is 2.42. The van der Waals surface area contributed by atoms with Crippen LogP contribution in [0.3, 0.4) is 0 Å². The van der Waals surface area contributed by atoms with Crippen molar-refractivity contribution in [1.82, 2.24) is 0 Å². The van der Waals surface area contributed by atoms with E-state index in [2.05, 4.69) is 23.1 Å². The molecule has 0 aromatic rings. The average Bonchev–Trinajstić information content (AvgIpc) is 2.17. The van der Waals surface area contributed by atoms with Gasteiger partial charge in [0.25, 0.3) is 0 Å². The largest absolute Gasteiger partial charge is 0.141 e. The van der Waals surface area contributed by atoms with Gasteiger partial charge in [-0.15, -0.1) is 9.24 Å². The Morgan fingerprint density at radius 3 is 1.25 bits per heavy atom. The van der Waals surface area contributed by atoms with Crippen LogP contribution in [0.25, 0.3) is 0 Å². The minimum absolute atomic E-state index is 1.00. The fraction of sp³-hybridized carbons (Fsp3) is 1.00. The molecule has 3 atom stereocenters. The van der Waals surface area contributed by atoms with Crippen LogP contribution in [-0.4, -0.2) is 6.66 Å². The lowest BCUT2D eigenvalue weighted by Gasteiger charge is -2.24. The van der Waals surface area contributed by atoms with Crippen molar-refractivity contribution < 1.29 is 0 Å². The van der Waals surface area contributed by atoms with Gasteiger partial charge < -0.3 is 0 Å². The van der Waals surface area contributed by atoms with Gasteiger partial charge in [0.1, 0.15) is 0 Å². The highest BCUT2D eigenvalue weighted by Crippen LogP contribution is 2.28. The van der Waals surface area contributed by atoms with Crippen molar-refractivity contribution in [1.29, 1.82) is 0 Å². The van der Waals surface area contributed by atoms with Crippen LogP contribution in [-0.2, 0) is 0 Å². The van der Waals surface area contributed by atoms with E-state index in [4.69, 9.17) is 0 Å². The van der Waals surface area contributed by atoms with Crippen molar-refractivity contribution in [2.45, 2.75) is 53.4 Å². The summed E-state index contributed by atoms with van der Waals surface area (Å²) in [4.78, 5) is 0. The molecule has 3 unspecified atom stereocenters. The quantitative estimate of drug-likeness (QED) is 0.498. The molecule has 0 aromatic carbocycles. The number of rotatable bonds is 0. The fourth-order valence-electron chi connectivity index (χ4n) is 1.50. The molecule has 0 radical (unpaired) electrons. The molecule has 1 heteroatoms. The molecule has 0 aliphatic heterocycles. The number of hydrogen-bond donors (Lipinski definition) is 0. The first-order chi connectivity index (χ1) is 5.80. The maximum Gasteiger partial charge on any atom is -0.0417 e. The van der Waals surface area contributed by atoms with Gasteiger partial charge in [-0.2, -0.15) is 0 Å². The Balaban J connectivity index is 0. The van der Waals surface area contributed by atoms with Gasteiger partial charge in [-0.25, -0.2) is 0 Å². The zero-order valence-electron chi connectivity index (χ0n) is 9.56. The van der Waals surface area contributed by atoms with Crippen molar-refractivity contribution in [3.63, 3.8) is 0 Å². The van der Waals surface area contributed by atoms with Crippen LogP contribution in [0.4, 0.5) is 0 Å². The van der Waals surface area contributed by atoms with Crippen molar-refractivity contribution >= 4 is 9.24 Å². The highest BCUT2D eigenvalue weighted by Gasteiger charge is 2.15. The first-order valence-electron chi connectivity index (χ1n) is 5.38. The van der Waals surface area contributed by atoms with E-state index in [1.165, 1.54) is 25.7 Å². The molecule has 0 amide bonds. The van der Waals surface area contributed by atoms with Crippen LogP contribution in [0.5, 0.6) is 0 Å². The fourth-order valence-corrected chi connectivity index (χ4v) is 1.50. The molecule has 1 aliphatic carbocycles. The zero-order valence-corrected chi connectivity index (χ0v) is 10.7. The summed E-state index contributed by atoms with van der Waals surface area (Å²) in [5.74, 6) is 2.01. The van der Waals surface area contributed by atoms with Crippen molar-refractivity contribution in [2.24, 2.45) is 11.8 Å². The van der Waals surface area contributed by atoms with Gasteiger partial charge in [0.05, 0.1) is 0 Å². The monoisotopic (exact) mass is 190 g/mol. The molecule has 76 valence electrons. The van der Waals surface area contributed by atoms with Gasteiger partial charge in [0.15, 0.2) is 0 Å². The lowest BCUT2D eigenvalue weighted by molar-refractivity contribution is 0.277. The zero-order chi connectivity index (χ0) is 9.98. The molecule has 0 N–H and O–H groups in total. The first-order valence-corrected chi connectivity index (χ1v) is 6.54. The maximum absolute atomic E-state index is 2.42. The highest BCUT2D eigenvalue weighted by atomic mass is 31.0. The predicted molar refractivity (Wildman–Crippen MR) is 63.8 cm³/mol. The normalized spacial score (nSPS) is 27.5. The van der Waals surface area contributed by atoms with Crippen LogP contribution >= 0.6 is 9.24 Å². The van der Waals surface area contributed by atoms with Gasteiger partial charge in [-0.05, 0) is 11.8 Å². The lowest BCUT2D eigenvalue weighted by Crippen LogP contribution is -2.12. The Morgan fingerprint density at radius 1 is 0.833 bits per heavy atom. The van der Waals surface area contributed by atoms with Crippen molar-refractivity contribution in [3.05, 3.63) is 0 Å². The molecular formula is C11H27P. The maximum atomic E-state index is 2.42. The molecule has 0 nitrogen and oxygen atoms in total. The Hall–Kier alpha value is 0.430. The second-order valence-corrected chi connectivity index (χ2v) is 3.24. The van der Waals surface area contributed by atoms with Gasteiger partial charge >= 0.3 is 0 Å². The van der Waals surface area contributed by atoms with E-state index in [1.807, 2.05) is 20.5 Å². The summed E-state index contributed by atoms with van der Waals surface area (Å²) in [6.07, 6.45) is 5.90. The van der Waals surface area contributed by atoms with E-state index in [0.29, 0.717) is 0 Å². The molecular weight excluding hydrogens is 163 g/mol. The summed E-state index contributed by atoms with van der Waals surface area (Å²) in [6, 6.07) is 0. The molecule has 1 rings (SSSR count). The average molecular weight is 190 g/mol. The molecule has 0 bridgehead atoms. The third-order valence-electron chi connectivity index (χ3n) is 2.54. The molecule has 0 saturated heterocycles. The van der Waals surface area contributed by atoms with Crippen LogP contribution < -0.4 is 0 Å². The molecule has 0 spiro atoms. The van der Waals surface area contributed by atoms with Gasteiger partial charge in [0, 0.05) is 0 Å². The summed E-state index contributed by atoms with van der Waals surface area (Å²) >= 11 is 0. The van der Waals surface area contributed by atoms with Crippen LogP contribution in [0.15, 0.2) is 0 Å². The van der Waals surface area contributed by atoms with E-state index < -0.39 is 0 Å². The Labute approximate surface area is 81.7 Å². The van der Waals surface area contributed by atoms with Crippen LogP contribution in [0.1, 0.15) is 53.4 Å². The van der Waals surface area contributed by atoms with E-state index in [9.17, 15) is 0 Å². The molecule has 1 fully saturated rings. The molecule has 12 heavy (non-hydrogen) atoms. The second kappa shape index (κ2) is 11.4. The minimum Gasteiger partial charge on any atom is -0.141 e. The van der Waals surface area contributed by atoms with Crippen LogP contribution in [0, 0.1) is 11.8 Å². The Bertz CT molecular complexity index is 61.4. The molecule has 0 heterocycles. The lowest BCUT2D eigenvalue weighted by atomic mass is 9.82. The van der Waals surface area contributed by atoms with E-state index in [-0.39, 0.29) is 0 Å². The summed E-state index contributed by atoms with van der Waals surface area (Å²) in [6.45, 7) is 10.7. The molecule has 1 aliphatic rings. The third kappa shape index (κ3) is 7.10. The van der Waals surface area contributed by atoms with Gasteiger partial charge in [-0.3, -0.25) is 0 Å².